The zero-order valence-corrected chi connectivity index (χ0v) is 14.8. The van der Waals surface area contributed by atoms with Crippen LogP contribution in [0, 0.1) is 0 Å². The number of amides is 1. The fourth-order valence-electron chi connectivity index (χ4n) is 1.72. The number of carbonyl (C=O) groups excluding carboxylic acids is 1. The number of aliphatic hydroxyl groups excluding tert-OH is 1. The minimum Gasteiger partial charge on any atom is -0.481 e. The Morgan fingerprint density at radius 2 is 2.05 bits per heavy atom. The Kier molecular flexibility index (Phi) is 6.23. The van der Waals surface area contributed by atoms with E-state index in [0.29, 0.717) is 11.3 Å². The second kappa shape index (κ2) is 7.27. The molecule has 0 spiro atoms. The van der Waals surface area contributed by atoms with E-state index >= 15 is 0 Å². The van der Waals surface area contributed by atoms with Gasteiger partial charge >= 0.3 is 0 Å². The summed E-state index contributed by atoms with van der Waals surface area (Å²) in [5.74, 6) is 0.353. The van der Waals surface area contributed by atoms with E-state index in [2.05, 4.69) is 21.2 Å². The third-order valence-corrected chi connectivity index (χ3v) is 3.93. The van der Waals surface area contributed by atoms with Crippen molar-refractivity contribution in [1.82, 2.24) is 5.32 Å². The van der Waals surface area contributed by atoms with Gasteiger partial charge in [-0.3, -0.25) is 4.79 Å². The predicted molar refractivity (Wildman–Crippen MR) is 87.4 cm³/mol. The second-order valence-corrected chi connectivity index (χ2v) is 6.76. The third-order valence-electron chi connectivity index (χ3n) is 3.44. The number of nitrogens with one attached hydrogen (secondary N) is 1. The van der Waals surface area contributed by atoms with Gasteiger partial charge in [0.15, 0.2) is 6.10 Å². The summed E-state index contributed by atoms with van der Waals surface area (Å²) >= 11 is 3.36. The lowest BCUT2D eigenvalue weighted by Gasteiger charge is -2.27. The number of hydrogen-bond acceptors (Lipinski definition) is 3. The van der Waals surface area contributed by atoms with Crippen molar-refractivity contribution in [2.75, 3.05) is 0 Å². The van der Waals surface area contributed by atoms with E-state index in [0.717, 1.165) is 10.9 Å². The van der Waals surface area contributed by atoms with E-state index in [1.807, 2.05) is 26.8 Å². The van der Waals surface area contributed by atoms with Gasteiger partial charge < -0.3 is 15.2 Å². The summed E-state index contributed by atoms with van der Waals surface area (Å²) in [6.07, 6.45) is -0.461. The molecule has 0 radical (unpaired) electrons. The van der Waals surface area contributed by atoms with Gasteiger partial charge in [0, 0.05) is 15.6 Å². The lowest BCUT2D eigenvalue weighted by molar-refractivity contribution is -0.129. The Bertz CT molecular complexity index is 500. The number of ether oxygens (including phenoxy) is 1. The molecule has 0 fully saturated rings. The first-order valence-corrected chi connectivity index (χ1v) is 7.91. The summed E-state index contributed by atoms with van der Waals surface area (Å²) in [4.78, 5) is 12.2. The number of aliphatic hydroxyl groups is 1. The Morgan fingerprint density at radius 1 is 1.43 bits per heavy atom. The predicted octanol–water partition coefficient (Wildman–Crippen LogP) is 3.57. The van der Waals surface area contributed by atoms with Crippen molar-refractivity contribution in [1.29, 1.82) is 0 Å². The quantitative estimate of drug-likeness (QED) is 0.817. The summed E-state index contributed by atoms with van der Waals surface area (Å²) in [6.45, 7) is 9.33. The Hall–Kier alpha value is -1.07. The van der Waals surface area contributed by atoms with Crippen LogP contribution in [0.1, 0.15) is 52.7 Å². The van der Waals surface area contributed by atoms with Gasteiger partial charge in [-0.15, -0.1) is 0 Å². The molecule has 2 N–H and O–H groups in total. The zero-order chi connectivity index (χ0) is 16.2. The van der Waals surface area contributed by atoms with Crippen LogP contribution in [0.5, 0.6) is 5.75 Å². The number of hydrogen-bond donors (Lipinski definition) is 2. The Morgan fingerprint density at radius 3 is 2.57 bits per heavy atom. The van der Waals surface area contributed by atoms with Crippen LogP contribution in [0.4, 0.5) is 0 Å². The molecule has 4 nitrogen and oxygen atoms in total. The van der Waals surface area contributed by atoms with Crippen LogP contribution in [-0.4, -0.2) is 22.7 Å². The first-order valence-electron chi connectivity index (χ1n) is 7.12. The molecular formula is C16H24BrNO3. The highest BCUT2D eigenvalue weighted by Crippen LogP contribution is 2.29. The molecule has 0 saturated carbocycles. The Balaban J connectivity index is 2.84. The Labute approximate surface area is 135 Å². The normalized spacial score (nSPS) is 14.4. The second-order valence-electron chi connectivity index (χ2n) is 5.84. The van der Waals surface area contributed by atoms with Gasteiger partial charge in [0.1, 0.15) is 5.75 Å². The maximum atomic E-state index is 12.2. The van der Waals surface area contributed by atoms with Crippen LogP contribution < -0.4 is 10.1 Å². The van der Waals surface area contributed by atoms with E-state index in [1.165, 1.54) is 0 Å². The van der Waals surface area contributed by atoms with Gasteiger partial charge in [0.2, 0.25) is 0 Å². The summed E-state index contributed by atoms with van der Waals surface area (Å²) < 4.78 is 6.58. The first-order chi connectivity index (χ1) is 9.66. The fourth-order valence-corrected chi connectivity index (χ4v) is 2.10. The van der Waals surface area contributed by atoms with Crippen LogP contribution in [0.3, 0.4) is 0 Å². The largest absolute Gasteiger partial charge is 0.481 e. The van der Waals surface area contributed by atoms with Gasteiger partial charge in [-0.05, 0) is 52.3 Å². The van der Waals surface area contributed by atoms with Gasteiger partial charge in [0.25, 0.3) is 5.91 Å². The molecule has 1 rings (SSSR count). The molecule has 1 aromatic carbocycles. The molecule has 0 aliphatic heterocycles. The van der Waals surface area contributed by atoms with Crippen molar-refractivity contribution in [2.24, 2.45) is 0 Å². The maximum Gasteiger partial charge on any atom is 0.261 e. The molecular weight excluding hydrogens is 334 g/mol. The first kappa shape index (κ1) is 18.0. The highest BCUT2D eigenvalue weighted by Gasteiger charge is 2.24. The maximum absolute atomic E-state index is 12.2. The average molecular weight is 358 g/mol. The number of benzene rings is 1. The molecule has 21 heavy (non-hydrogen) atoms. The smallest absolute Gasteiger partial charge is 0.261 e. The van der Waals surface area contributed by atoms with Crippen molar-refractivity contribution in [2.45, 2.75) is 58.8 Å². The monoisotopic (exact) mass is 357 g/mol. The lowest BCUT2D eigenvalue weighted by atomic mass is 10.0. The van der Waals surface area contributed by atoms with Crippen LogP contribution in [0.25, 0.3) is 0 Å². The van der Waals surface area contributed by atoms with Crippen LogP contribution >= 0.6 is 15.9 Å². The topological polar surface area (TPSA) is 58.6 Å². The van der Waals surface area contributed by atoms with Crippen LogP contribution in [0.15, 0.2) is 22.7 Å². The van der Waals surface area contributed by atoms with Gasteiger partial charge in [-0.1, -0.05) is 22.9 Å². The van der Waals surface area contributed by atoms with E-state index in [1.54, 1.807) is 26.0 Å². The molecule has 0 heterocycles. The van der Waals surface area contributed by atoms with Gasteiger partial charge in [-0.25, -0.2) is 0 Å². The summed E-state index contributed by atoms with van der Waals surface area (Å²) in [7, 11) is 0. The molecule has 1 amide bonds. The average Bonchev–Trinajstić information content (AvgIpc) is 2.40. The SMILES string of the molecule is CCC(C)(C)NC(=O)C(C)Oc1ccc(Br)cc1[C@@H](C)O. The van der Waals surface area contributed by atoms with Crippen molar-refractivity contribution < 1.29 is 14.6 Å². The number of carbonyl (C=O) groups is 1. The molecule has 1 unspecified atom stereocenters. The van der Waals surface area contributed by atoms with Gasteiger partial charge in [-0.2, -0.15) is 0 Å². The lowest BCUT2D eigenvalue weighted by Crippen LogP contribution is -2.48. The van der Waals surface area contributed by atoms with Gasteiger partial charge in [0.05, 0.1) is 6.10 Å². The molecule has 0 saturated heterocycles. The van der Waals surface area contributed by atoms with Crippen molar-refractivity contribution in [3.63, 3.8) is 0 Å². The van der Waals surface area contributed by atoms with Crippen LogP contribution in [-0.2, 0) is 4.79 Å². The number of rotatable bonds is 6. The minimum atomic E-state index is -0.667. The van der Waals surface area contributed by atoms with Crippen molar-refractivity contribution in [3.05, 3.63) is 28.2 Å². The molecule has 0 aliphatic rings. The third kappa shape index (κ3) is 5.32. The van der Waals surface area contributed by atoms with E-state index < -0.39 is 12.2 Å². The summed E-state index contributed by atoms with van der Waals surface area (Å²) in [6, 6.07) is 5.36. The summed E-state index contributed by atoms with van der Waals surface area (Å²) in [5, 5.41) is 12.8. The molecule has 1 aromatic rings. The molecule has 0 aromatic heterocycles. The van der Waals surface area contributed by atoms with E-state index in [-0.39, 0.29) is 11.4 Å². The van der Waals surface area contributed by atoms with E-state index in [9.17, 15) is 9.90 Å². The van der Waals surface area contributed by atoms with Crippen LogP contribution in [0.2, 0.25) is 0 Å². The molecule has 0 aliphatic carbocycles. The zero-order valence-electron chi connectivity index (χ0n) is 13.2. The summed E-state index contributed by atoms with van der Waals surface area (Å²) in [5.41, 5.74) is 0.389. The highest BCUT2D eigenvalue weighted by atomic mass is 79.9. The molecule has 0 bridgehead atoms. The van der Waals surface area contributed by atoms with E-state index in [4.69, 9.17) is 4.74 Å². The fraction of sp³-hybridized carbons (Fsp3) is 0.562. The molecule has 5 heteroatoms. The molecule has 2 atom stereocenters. The highest BCUT2D eigenvalue weighted by molar-refractivity contribution is 9.10. The van der Waals surface area contributed by atoms with Crippen molar-refractivity contribution >= 4 is 21.8 Å². The standard InChI is InChI=1S/C16H24BrNO3/c1-6-16(4,5)18-15(20)11(3)21-14-8-7-12(17)9-13(14)10(2)19/h7-11,19H,6H2,1-5H3,(H,18,20)/t10-,11?/m1/s1. The number of halogens is 1. The van der Waals surface area contributed by atoms with Crippen molar-refractivity contribution in [3.8, 4) is 5.75 Å². The minimum absolute atomic E-state index is 0.165. The molecule has 118 valence electrons.